The molecule has 0 aliphatic carbocycles. The average Bonchev–Trinajstić information content (AvgIpc) is 2.92. The molecule has 6 heteroatoms. The van der Waals surface area contributed by atoms with Gasteiger partial charge in [-0.2, -0.15) is 0 Å². The van der Waals surface area contributed by atoms with Gasteiger partial charge in [-0.05, 0) is 20.0 Å². The molecule has 0 amide bonds. The van der Waals surface area contributed by atoms with Gasteiger partial charge in [-0.3, -0.25) is 4.90 Å². The summed E-state index contributed by atoms with van der Waals surface area (Å²) in [5, 5.41) is 0. The van der Waals surface area contributed by atoms with Crippen LogP contribution in [0.25, 0.3) is 0 Å². The molecule has 2 aromatic rings. The lowest BCUT2D eigenvalue weighted by Crippen LogP contribution is -2.25. The number of ether oxygens (including phenoxy) is 1. The lowest BCUT2D eigenvalue weighted by molar-refractivity contribution is 0.182. The van der Waals surface area contributed by atoms with Gasteiger partial charge in [0.25, 0.3) is 0 Å². The number of methoxy groups -OCH3 is 1. The second kappa shape index (κ2) is 7.12. The van der Waals surface area contributed by atoms with Gasteiger partial charge in [-0.25, -0.2) is 15.0 Å². The van der Waals surface area contributed by atoms with Crippen LogP contribution < -0.4 is 0 Å². The smallest absolute Gasteiger partial charge is 0.122 e. The Labute approximate surface area is 119 Å². The molecule has 0 bridgehead atoms. The molecule has 2 heterocycles. The molecule has 0 aliphatic rings. The quantitative estimate of drug-likeness (QED) is 0.766. The minimum atomic E-state index is 0.213. The third kappa shape index (κ3) is 3.61. The Morgan fingerprint density at radius 2 is 2.20 bits per heavy atom. The molecule has 6 nitrogen and oxygen atoms in total. The summed E-state index contributed by atoms with van der Waals surface area (Å²) in [4.78, 5) is 14.9. The van der Waals surface area contributed by atoms with Crippen molar-refractivity contribution in [3.63, 3.8) is 0 Å². The average molecular weight is 275 g/mol. The molecule has 0 radical (unpaired) electrons. The number of rotatable bonds is 7. The van der Waals surface area contributed by atoms with Crippen LogP contribution in [0.15, 0.2) is 31.0 Å². The van der Waals surface area contributed by atoms with Crippen LogP contribution in [-0.2, 0) is 17.8 Å². The molecule has 1 unspecified atom stereocenters. The Hall–Kier alpha value is -1.79. The fraction of sp³-hybridized carbons (Fsp3) is 0.500. The van der Waals surface area contributed by atoms with Gasteiger partial charge in [0, 0.05) is 38.3 Å². The maximum absolute atomic E-state index is 5.11. The third-order valence-electron chi connectivity index (χ3n) is 3.42. The second-order valence-corrected chi connectivity index (χ2v) is 4.75. The van der Waals surface area contributed by atoms with Crippen molar-refractivity contribution in [1.82, 2.24) is 24.4 Å². The molecule has 108 valence electrons. The molecule has 0 aromatic carbocycles. The SMILES string of the molecule is COCCn1ccnc1CN(C)C(C)c1ccncn1. The second-order valence-electron chi connectivity index (χ2n) is 4.75. The third-order valence-corrected chi connectivity index (χ3v) is 3.42. The van der Waals surface area contributed by atoms with Crippen molar-refractivity contribution in [2.45, 2.75) is 26.1 Å². The first-order chi connectivity index (χ1) is 9.72. The van der Waals surface area contributed by atoms with Crippen LogP contribution in [0.2, 0.25) is 0 Å². The van der Waals surface area contributed by atoms with Crippen molar-refractivity contribution >= 4 is 0 Å². The van der Waals surface area contributed by atoms with E-state index in [1.807, 2.05) is 18.5 Å². The molecule has 0 fully saturated rings. The molecule has 0 aliphatic heterocycles. The number of aromatic nitrogens is 4. The molecule has 2 rings (SSSR count). The topological polar surface area (TPSA) is 56.1 Å². The fourth-order valence-corrected chi connectivity index (χ4v) is 2.02. The zero-order valence-electron chi connectivity index (χ0n) is 12.2. The van der Waals surface area contributed by atoms with Gasteiger partial charge in [-0.15, -0.1) is 0 Å². The van der Waals surface area contributed by atoms with Gasteiger partial charge in [0.2, 0.25) is 0 Å². The van der Waals surface area contributed by atoms with Gasteiger partial charge in [-0.1, -0.05) is 0 Å². The monoisotopic (exact) mass is 275 g/mol. The Bertz CT molecular complexity index is 513. The van der Waals surface area contributed by atoms with E-state index in [1.165, 1.54) is 0 Å². The first-order valence-electron chi connectivity index (χ1n) is 6.67. The van der Waals surface area contributed by atoms with E-state index in [1.54, 1.807) is 19.6 Å². The Morgan fingerprint density at radius 1 is 1.35 bits per heavy atom. The van der Waals surface area contributed by atoms with E-state index >= 15 is 0 Å². The van der Waals surface area contributed by atoms with Gasteiger partial charge in [0.15, 0.2) is 0 Å². The lowest BCUT2D eigenvalue weighted by atomic mass is 10.2. The predicted octanol–water partition coefficient (Wildman–Crippen LogP) is 1.51. The highest BCUT2D eigenvalue weighted by Gasteiger charge is 2.15. The number of imidazole rings is 1. The summed E-state index contributed by atoms with van der Waals surface area (Å²) in [5.41, 5.74) is 1.01. The molecule has 20 heavy (non-hydrogen) atoms. The minimum absolute atomic E-state index is 0.213. The Balaban J connectivity index is 2.01. The van der Waals surface area contributed by atoms with E-state index in [4.69, 9.17) is 4.74 Å². The normalized spacial score (nSPS) is 12.8. The lowest BCUT2D eigenvalue weighted by Gasteiger charge is -2.24. The largest absolute Gasteiger partial charge is 0.383 e. The summed E-state index contributed by atoms with van der Waals surface area (Å²) in [6.45, 7) is 4.41. The molecule has 2 aromatic heterocycles. The Kier molecular flexibility index (Phi) is 5.20. The van der Waals surface area contributed by atoms with Crippen molar-refractivity contribution in [2.24, 2.45) is 0 Å². The summed E-state index contributed by atoms with van der Waals surface area (Å²) in [6.07, 6.45) is 7.16. The number of hydrogen-bond donors (Lipinski definition) is 0. The molecule has 0 N–H and O–H groups in total. The van der Waals surface area contributed by atoms with Gasteiger partial charge < -0.3 is 9.30 Å². The van der Waals surface area contributed by atoms with E-state index in [0.717, 1.165) is 24.6 Å². The first kappa shape index (κ1) is 14.6. The number of hydrogen-bond acceptors (Lipinski definition) is 5. The van der Waals surface area contributed by atoms with Crippen molar-refractivity contribution in [3.05, 3.63) is 42.5 Å². The van der Waals surface area contributed by atoms with Gasteiger partial charge in [0.1, 0.15) is 12.2 Å². The highest BCUT2D eigenvalue weighted by Crippen LogP contribution is 2.17. The maximum atomic E-state index is 5.11. The van der Waals surface area contributed by atoms with Crippen molar-refractivity contribution in [2.75, 3.05) is 20.8 Å². The van der Waals surface area contributed by atoms with Crippen molar-refractivity contribution in [3.8, 4) is 0 Å². The van der Waals surface area contributed by atoms with Crippen LogP contribution in [0.5, 0.6) is 0 Å². The summed E-state index contributed by atoms with van der Waals surface area (Å²) >= 11 is 0. The van der Waals surface area contributed by atoms with Crippen LogP contribution in [-0.4, -0.2) is 45.2 Å². The highest BCUT2D eigenvalue weighted by atomic mass is 16.5. The van der Waals surface area contributed by atoms with Crippen molar-refractivity contribution in [1.29, 1.82) is 0 Å². The van der Waals surface area contributed by atoms with Gasteiger partial charge in [0.05, 0.1) is 18.8 Å². The standard InChI is InChI=1S/C14H21N5O/c1-12(13-4-5-15-11-17-13)18(2)10-14-16-6-7-19(14)8-9-20-3/h4-7,11-12H,8-10H2,1-3H3. The molecule has 1 atom stereocenters. The molecular formula is C14H21N5O. The van der Waals surface area contributed by atoms with Gasteiger partial charge >= 0.3 is 0 Å². The molecule has 0 spiro atoms. The molecular weight excluding hydrogens is 254 g/mol. The summed E-state index contributed by atoms with van der Waals surface area (Å²) in [6, 6.07) is 2.16. The summed E-state index contributed by atoms with van der Waals surface area (Å²) < 4.78 is 7.23. The van der Waals surface area contributed by atoms with Crippen LogP contribution in [0, 0.1) is 0 Å². The van der Waals surface area contributed by atoms with Crippen molar-refractivity contribution < 1.29 is 4.74 Å². The van der Waals surface area contributed by atoms with Crippen LogP contribution >= 0.6 is 0 Å². The molecule has 0 saturated heterocycles. The summed E-state index contributed by atoms with van der Waals surface area (Å²) in [5.74, 6) is 1.03. The predicted molar refractivity (Wildman–Crippen MR) is 76.0 cm³/mol. The van der Waals surface area contributed by atoms with Crippen LogP contribution in [0.4, 0.5) is 0 Å². The zero-order chi connectivity index (χ0) is 14.4. The zero-order valence-corrected chi connectivity index (χ0v) is 12.2. The fourth-order valence-electron chi connectivity index (χ4n) is 2.02. The van der Waals surface area contributed by atoms with E-state index < -0.39 is 0 Å². The van der Waals surface area contributed by atoms with Crippen LogP contribution in [0.3, 0.4) is 0 Å². The highest BCUT2D eigenvalue weighted by molar-refractivity contribution is 5.04. The molecule has 0 saturated carbocycles. The minimum Gasteiger partial charge on any atom is -0.383 e. The number of nitrogens with zero attached hydrogens (tertiary/aromatic N) is 5. The van der Waals surface area contributed by atoms with Crippen LogP contribution in [0.1, 0.15) is 24.5 Å². The maximum Gasteiger partial charge on any atom is 0.122 e. The van der Waals surface area contributed by atoms with E-state index in [0.29, 0.717) is 6.61 Å². The van der Waals surface area contributed by atoms with E-state index in [-0.39, 0.29) is 6.04 Å². The first-order valence-corrected chi connectivity index (χ1v) is 6.67. The van der Waals surface area contributed by atoms with E-state index in [9.17, 15) is 0 Å². The Morgan fingerprint density at radius 3 is 2.90 bits per heavy atom. The van der Waals surface area contributed by atoms with E-state index in [2.05, 4.69) is 38.4 Å². The summed E-state index contributed by atoms with van der Waals surface area (Å²) in [7, 11) is 3.78.